The molecule has 1 aromatic carbocycles. The molecule has 2 heterocycles. The Morgan fingerprint density at radius 1 is 1.19 bits per heavy atom. The average Bonchev–Trinajstić information content (AvgIpc) is 3.12. The van der Waals surface area contributed by atoms with Crippen LogP contribution in [0.2, 0.25) is 0 Å². The highest BCUT2D eigenvalue weighted by atomic mass is 16.5. The number of furan rings is 1. The molecule has 1 saturated heterocycles. The van der Waals surface area contributed by atoms with Crippen LogP contribution in [0.5, 0.6) is 0 Å². The first-order valence-electron chi connectivity index (χ1n) is 9.30. The van der Waals surface area contributed by atoms with Gasteiger partial charge in [-0.25, -0.2) is 0 Å². The second kappa shape index (κ2) is 9.01. The number of hydrogen-bond donors (Lipinski definition) is 1. The molecule has 1 aliphatic rings. The van der Waals surface area contributed by atoms with Gasteiger partial charge in [-0.05, 0) is 55.1 Å². The molecule has 0 unspecified atom stereocenters. The van der Waals surface area contributed by atoms with E-state index in [0.29, 0.717) is 24.7 Å². The summed E-state index contributed by atoms with van der Waals surface area (Å²) in [7, 11) is 1.60. The van der Waals surface area contributed by atoms with E-state index >= 15 is 0 Å². The molecule has 1 N–H and O–H groups in total. The molecule has 26 heavy (non-hydrogen) atoms. The number of carbonyl (C=O) groups excluding carboxylic acids is 1. The van der Waals surface area contributed by atoms with Crippen molar-refractivity contribution in [1.29, 1.82) is 0 Å². The van der Waals surface area contributed by atoms with Crippen molar-refractivity contribution in [3.8, 4) is 0 Å². The Bertz CT molecular complexity index is 718. The fraction of sp³-hybridized carbons (Fsp3) is 0.476. The number of methoxy groups -OCH3 is 1. The van der Waals surface area contributed by atoms with Crippen molar-refractivity contribution in [1.82, 2.24) is 10.2 Å². The van der Waals surface area contributed by atoms with Crippen LogP contribution in [0.15, 0.2) is 40.8 Å². The minimum absolute atomic E-state index is 0.200. The van der Waals surface area contributed by atoms with Crippen molar-refractivity contribution in [3.05, 3.63) is 59.0 Å². The Labute approximate surface area is 155 Å². The predicted molar refractivity (Wildman–Crippen MR) is 101 cm³/mol. The van der Waals surface area contributed by atoms with Gasteiger partial charge in [0.05, 0.1) is 0 Å². The molecular formula is C21H28N2O3. The summed E-state index contributed by atoms with van der Waals surface area (Å²) in [6.45, 7) is 6.43. The van der Waals surface area contributed by atoms with Crippen LogP contribution >= 0.6 is 0 Å². The lowest BCUT2D eigenvalue weighted by Gasteiger charge is -2.30. The third kappa shape index (κ3) is 4.96. The summed E-state index contributed by atoms with van der Waals surface area (Å²) in [5.41, 5.74) is 2.44. The molecule has 3 rings (SSSR count). The highest BCUT2D eigenvalue weighted by Crippen LogP contribution is 2.20. The lowest BCUT2D eigenvalue weighted by Crippen LogP contribution is -2.33. The lowest BCUT2D eigenvalue weighted by atomic mass is 9.98. The first-order valence-corrected chi connectivity index (χ1v) is 9.30. The maximum Gasteiger partial charge on any atom is 0.287 e. The third-order valence-electron chi connectivity index (χ3n) is 5.00. The van der Waals surface area contributed by atoms with E-state index < -0.39 is 0 Å². The molecule has 140 valence electrons. The fourth-order valence-corrected chi connectivity index (χ4v) is 3.33. The van der Waals surface area contributed by atoms with Gasteiger partial charge in [0.1, 0.15) is 12.4 Å². The first-order chi connectivity index (χ1) is 12.7. The van der Waals surface area contributed by atoms with E-state index in [4.69, 9.17) is 9.15 Å². The van der Waals surface area contributed by atoms with Crippen molar-refractivity contribution < 1.29 is 13.9 Å². The maximum atomic E-state index is 12.3. The van der Waals surface area contributed by atoms with Gasteiger partial charge in [0.2, 0.25) is 0 Å². The average molecular weight is 356 g/mol. The van der Waals surface area contributed by atoms with Gasteiger partial charge in [0.15, 0.2) is 5.76 Å². The smallest absolute Gasteiger partial charge is 0.287 e. The molecule has 0 atom stereocenters. The standard InChI is InChI=1S/C21H28N2O3/c1-16-9-11-23(12-10-16)14-18-6-4-3-5-17(18)13-22-21(24)20-8-7-19(26-20)15-25-2/h3-8,16H,9-15H2,1-2H3,(H,22,24). The van der Waals surface area contributed by atoms with Crippen LogP contribution < -0.4 is 5.32 Å². The molecule has 0 spiro atoms. The van der Waals surface area contributed by atoms with Gasteiger partial charge in [-0.2, -0.15) is 0 Å². The molecule has 0 radical (unpaired) electrons. The monoisotopic (exact) mass is 356 g/mol. The highest BCUT2D eigenvalue weighted by molar-refractivity contribution is 5.91. The Hall–Kier alpha value is -2.11. The molecule has 0 aliphatic carbocycles. The third-order valence-corrected chi connectivity index (χ3v) is 5.00. The van der Waals surface area contributed by atoms with Crippen LogP contribution in [0, 0.1) is 5.92 Å². The zero-order chi connectivity index (χ0) is 18.4. The SMILES string of the molecule is COCc1ccc(C(=O)NCc2ccccc2CN2CCC(C)CC2)o1. The van der Waals surface area contributed by atoms with Gasteiger partial charge in [-0.15, -0.1) is 0 Å². The quantitative estimate of drug-likeness (QED) is 0.824. The Kier molecular flexibility index (Phi) is 6.47. The molecule has 2 aromatic rings. The van der Waals surface area contributed by atoms with Gasteiger partial charge in [-0.3, -0.25) is 9.69 Å². The van der Waals surface area contributed by atoms with Crippen molar-refractivity contribution in [2.75, 3.05) is 20.2 Å². The van der Waals surface area contributed by atoms with Gasteiger partial charge >= 0.3 is 0 Å². The number of benzene rings is 1. The van der Waals surface area contributed by atoms with E-state index in [1.54, 1.807) is 19.2 Å². The zero-order valence-electron chi connectivity index (χ0n) is 15.7. The van der Waals surface area contributed by atoms with E-state index in [9.17, 15) is 4.79 Å². The highest BCUT2D eigenvalue weighted by Gasteiger charge is 2.17. The van der Waals surface area contributed by atoms with Crippen molar-refractivity contribution in [3.63, 3.8) is 0 Å². The van der Waals surface area contributed by atoms with E-state index in [-0.39, 0.29) is 5.91 Å². The Balaban J connectivity index is 1.58. The summed E-state index contributed by atoms with van der Waals surface area (Å²) in [5, 5.41) is 2.96. The molecule has 0 bridgehead atoms. The molecule has 1 aromatic heterocycles. The largest absolute Gasteiger partial charge is 0.453 e. The van der Waals surface area contributed by atoms with Gasteiger partial charge in [-0.1, -0.05) is 31.2 Å². The second-order valence-corrected chi connectivity index (χ2v) is 7.11. The number of piperidine rings is 1. The number of nitrogens with zero attached hydrogens (tertiary/aromatic N) is 1. The molecule has 5 heteroatoms. The van der Waals surface area contributed by atoms with Gasteiger partial charge in [0, 0.05) is 20.2 Å². The van der Waals surface area contributed by atoms with Crippen LogP contribution in [-0.4, -0.2) is 31.0 Å². The number of nitrogens with one attached hydrogen (secondary N) is 1. The number of amides is 1. The Morgan fingerprint density at radius 2 is 1.92 bits per heavy atom. The molecule has 0 saturated carbocycles. The molecule has 1 aliphatic heterocycles. The lowest BCUT2D eigenvalue weighted by molar-refractivity contribution is 0.0914. The number of carbonyl (C=O) groups is 1. The summed E-state index contributed by atoms with van der Waals surface area (Å²) in [6.07, 6.45) is 2.53. The van der Waals surface area contributed by atoms with E-state index in [1.807, 2.05) is 6.07 Å². The summed E-state index contributed by atoms with van der Waals surface area (Å²) in [5.74, 6) is 1.60. The summed E-state index contributed by atoms with van der Waals surface area (Å²) in [6, 6.07) is 11.8. The Morgan fingerprint density at radius 3 is 2.65 bits per heavy atom. The summed E-state index contributed by atoms with van der Waals surface area (Å²) < 4.78 is 10.5. The molecule has 1 fully saturated rings. The zero-order valence-corrected chi connectivity index (χ0v) is 15.7. The number of ether oxygens (including phenoxy) is 1. The number of rotatable bonds is 7. The van der Waals surface area contributed by atoms with Gasteiger partial charge in [0.25, 0.3) is 5.91 Å². The fourth-order valence-electron chi connectivity index (χ4n) is 3.33. The van der Waals surface area contributed by atoms with E-state index in [1.165, 1.54) is 18.4 Å². The predicted octanol–water partition coefficient (Wildman–Crippen LogP) is 3.59. The topological polar surface area (TPSA) is 54.7 Å². The van der Waals surface area contributed by atoms with Gasteiger partial charge < -0.3 is 14.5 Å². The first kappa shape index (κ1) is 18.7. The van der Waals surface area contributed by atoms with Crippen molar-refractivity contribution in [2.24, 2.45) is 5.92 Å². The minimum atomic E-state index is -0.200. The van der Waals surface area contributed by atoms with E-state index in [0.717, 1.165) is 31.1 Å². The summed E-state index contributed by atoms with van der Waals surface area (Å²) >= 11 is 0. The number of hydrogen-bond acceptors (Lipinski definition) is 4. The van der Waals surface area contributed by atoms with Crippen LogP contribution in [0.25, 0.3) is 0 Å². The second-order valence-electron chi connectivity index (χ2n) is 7.11. The van der Waals surface area contributed by atoms with Crippen LogP contribution in [0.4, 0.5) is 0 Å². The van der Waals surface area contributed by atoms with Crippen LogP contribution in [0.1, 0.15) is 47.2 Å². The van der Waals surface area contributed by atoms with E-state index in [2.05, 4.69) is 35.3 Å². The van der Waals surface area contributed by atoms with Crippen LogP contribution in [0.3, 0.4) is 0 Å². The van der Waals surface area contributed by atoms with Crippen molar-refractivity contribution >= 4 is 5.91 Å². The molecular weight excluding hydrogens is 328 g/mol. The molecule has 5 nitrogen and oxygen atoms in total. The maximum absolute atomic E-state index is 12.3. The molecule has 1 amide bonds. The summed E-state index contributed by atoms with van der Waals surface area (Å²) in [4.78, 5) is 14.8. The normalized spacial score (nSPS) is 15.9. The minimum Gasteiger partial charge on any atom is -0.453 e. The number of likely N-dealkylation sites (tertiary alicyclic amines) is 1. The van der Waals surface area contributed by atoms with Crippen LogP contribution in [-0.2, 0) is 24.4 Å². The van der Waals surface area contributed by atoms with Crippen molar-refractivity contribution in [2.45, 2.75) is 39.5 Å².